The van der Waals surface area contributed by atoms with Gasteiger partial charge in [-0.25, -0.2) is 0 Å². The van der Waals surface area contributed by atoms with Gasteiger partial charge in [-0.1, -0.05) is 25.5 Å². The standard InChI is InChI=1S/C10H16O2.C4H10O/c1-6(2)5-7-8(9(11)12)10(7,3)4;1-3-5-4-2/h5,7-8H,1-4H3,(H,11,12);3-4H2,1-2H3. The molecule has 1 N–H and O–H groups in total. The molecule has 0 heterocycles. The van der Waals surface area contributed by atoms with E-state index >= 15 is 0 Å². The van der Waals surface area contributed by atoms with Crippen molar-refractivity contribution in [1.82, 2.24) is 0 Å². The first-order valence-electron chi connectivity index (χ1n) is 6.24. The quantitative estimate of drug-likeness (QED) is 0.769. The Morgan fingerprint density at radius 2 is 1.76 bits per heavy atom. The summed E-state index contributed by atoms with van der Waals surface area (Å²) in [5.41, 5.74) is 1.17. The van der Waals surface area contributed by atoms with Crippen molar-refractivity contribution in [2.24, 2.45) is 17.3 Å². The van der Waals surface area contributed by atoms with E-state index in [2.05, 4.69) is 6.08 Å². The van der Waals surface area contributed by atoms with Crippen molar-refractivity contribution in [1.29, 1.82) is 0 Å². The molecule has 0 aliphatic heterocycles. The summed E-state index contributed by atoms with van der Waals surface area (Å²) in [5, 5.41) is 8.84. The summed E-state index contributed by atoms with van der Waals surface area (Å²) in [4.78, 5) is 10.7. The van der Waals surface area contributed by atoms with Crippen molar-refractivity contribution >= 4 is 5.97 Å². The second kappa shape index (κ2) is 6.80. The van der Waals surface area contributed by atoms with Crippen LogP contribution in [0.5, 0.6) is 0 Å². The van der Waals surface area contributed by atoms with Crippen LogP contribution in [-0.4, -0.2) is 24.3 Å². The molecule has 3 heteroatoms. The van der Waals surface area contributed by atoms with Crippen LogP contribution in [0.1, 0.15) is 41.5 Å². The van der Waals surface area contributed by atoms with Crippen LogP contribution >= 0.6 is 0 Å². The molecule has 3 nitrogen and oxygen atoms in total. The van der Waals surface area contributed by atoms with Crippen LogP contribution in [0.4, 0.5) is 0 Å². The fourth-order valence-electron chi connectivity index (χ4n) is 2.02. The van der Waals surface area contributed by atoms with Crippen LogP contribution in [-0.2, 0) is 9.53 Å². The zero-order chi connectivity index (χ0) is 13.6. The van der Waals surface area contributed by atoms with E-state index in [-0.39, 0.29) is 17.3 Å². The third-order valence-corrected chi connectivity index (χ3v) is 3.10. The summed E-state index contributed by atoms with van der Waals surface area (Å²) in [6.45, 7) is 13.7. The van der Waals surface area contributed by atoms with Gasteiger partial charge < -0.3 is 9.84 Å². The van der Waals surface area contributed by atoms with E-state index in [0.29, 0.717) is 0 Å². The van der Waals surface area contributed by atoms with Crippen LogP contribution in [0.3, 0.4) is 0 Å². The van der Waals surface area contributed by atoms with E-state index in [4.69, 9.17) is 9.84 Å². The van der Waals surface area contributed by atoms with E-state index in [1.165, 1.54) is 5.57 Å². The lowest BCUT2D eigenvalue weighted by Gasteiger charge is -1.96. The van der Waals surface area contributed by atoms with Crippen LogP contribution in [0.15, 0.2) is 11.6 Å². The Morgan fingerprint density at radius 3 is 1.94 bits per heavy atom. The average molecular weight is 242 g/mol. The summed E-state index contributed by atoms with van der Waals surface area (Å²) in [6.07, 6.45) is 2.07. The van der Waals surface area contributed by atoms with Gasteiger partial charge in [-0.2, -0.15) is 0 Å². The highest BCUT2D eigenvalue weighted by Gasteiger charge is 2.60. The molecule has 0 saturated heterocycles. The molecular formula is C14H26O3. The maximum atomic E-state index is 10.7. The highest BCUT2D eigenvalue weighted by molar-refractivity contribution is 5.76. The number of hydrogen-bond donors (Lipinski definition) is 1. The van der Waals surface area contributed by atoms with Gasteiger partial charge in [0.15, 0.2) is 0 Å². The van der Waals surface area contributed by atoms with Gasteiger partial charge in [-0.15, -0.1) is 0 Å². The lowest BCUT2D eigenvalue weighted by molar-refractivity contribution is -0.139. The molecule has 0 spiro atoms. The van der Waals surface area contributed by atoms with Crippen LogP contribution in [0.2, 0.25) is 0 Å². The molecule has 100 valence electrons. The Kier molecular flexibility index (Phi) is 6.46. The van der Waals surface area contributed by atoms with Gasteiger partial charge in [-0.3, -0.25) is 4.79 Å². The molecule has 0 amide bonds. The number of allylic oxidation sites excluding steroid dienone is 2. The lowest BCUT2D eigenvalue weighted by Crippen LogP contribution is -2.02. The molecule has 0 aromatic carbocycles. The van der Waals surface area contributed by atoms with E-state index in [1.807, 2.05) is 41.5 Å². The number of carboxylic acid groups (broad SMARTS) is 1. The Labute approximate surface area is 105 Å². The summed E-state index contributed by atoms with van der Waals surface area (Å²) in [7, 11) is 0. The monoisotopic (exact) mass is 242 g/mol. The number of hydrogen-bond acceptors (Lipinski definition) is 2. The highest BCUT2D eigenvalue weighted by atomic mass is 16.5. The minimum Gasteiger partial charge on any atom is -0.481 e. The Bertz CT molecular complexity index is 273. The molecule has 1 fully saturated rings. The predicted octanol–water partition coefficient (Wildman–Crippen LogP) is 3.35. The van der Waals surface area contributed by atoms with E-state index in [0.717, 1.165) is 13.2 Å². The number of ether oxygens (including phenoxy) is 1. The van der Waals surface area contributed by atoms with Gasteiger partial charge in [0.25, 0.3) is 0 Å². The van der Waals surface area contributed by atoms with Crippen molar-refractivity contribution in [2.75, 3.05) is 13.2 Å². The Balaban J connectivity index is 0.000000437. The van der Waals surface area contributed by atoms with Crippen LogP contribution < -0.4 is 0 Å². The smallest absolute Gasteiger partial charge is 0.307 e. The fraction of sp³-hybridized carbons (Fsp3) is 0.786. The molecule has 1 rings (SSSR count). The highest BCUT2D eigenvalue weighted by Crippen LogP contribution is 2.59. The third-order valence-electron chi connectivity index (χ3n) is 3.10. The van der Waals surface area contributed by atoms with Crippen molar-refractivity contribution in [2.45, 2.75) is 41.5 Å². The number of aliphatic carboxylic acids is 1. The molecular weight excluding hydrogens is 216 g/mol. The molecule has 0 aromatic heterocycles. The van der Waals surface area contributed by atoms with Crippen molar-refractivity contribution in [3.8, 4) is 0 Å². The molecule has 2 unspecified atom stereocenters. The minimum atomic E-state index is -0.664. The summed E-state index contributed by atoms with van der Waals surface area (Å²) in [6, 6.07) is 0. The SMILES string of the molecule is CC(C)=CC1C(C(=O)O)C1(C)C.CCOCC. The molecule has 0 aromatic rings. The van der Waals surface area contributed by atoms with Crippen molar-refractivity contribution in [3.63, 3.8) is 0 Å². The normalized spacial score (nSPS) is 24.4. The summed E-state index contributed by atoms with van der Waals surface area (Å²) < 4.78 is 4.83. The topological polar surface area (TPSA) is 46.5 Å². The van der Waals surface area contributed by atoms with Gasteiger partial charge in [0.05, 0.1) is 5.92 Å². The van der Waals surface area contributed by atoms with Crippen molar-refractivity contribution < 1.29 is 14.6 Å². The largest absolute Gasteiger partial charge is 0.481 e. The number of carboxylic acids is 1. The first kappa shape index (κ1) is 16.2. The third kappa shape index (κ3) is 4.90. The summed E-state index contributed by atoms with van der Waals surface area (Å²) >= 11 is 0. The molecule has 2 atom stereocenters. The molecule has 1 aliphatic rings. The maximum Gasteiger partial charge on any atom is 0.307 e. The molecule has 0 bridgehead atoms. The second-order valence-electron chi connectivity index (χ2n) is 5.19. The van der Waals surface area contributed by atoms with Crippen molar-refractivity contribution in [3.05, 3.63) is 11.6 Å². The number of carbonyl (C=O) groups is 1. The van der Waals surface area contributed by atoms with Gasteiger partial charge in [0, 0.05) is 13.2 Å². The van der Waals surface area contributed by atoms with Crippen LogP contribution in [0.25, 0.3) is 0 Å². The Hall–Kier alpha value is -0.830. The van der Waals surface area contributed by atoms with Gasteiger partial charge in [0.1, 0.15) is 0 Å². The van der Waals surface area contributed by atoms with E-state index in [1.54, 1.807) is 0 Å². The van der Waals surface area contributed by atoms with Gasteiger partial charge in [0.2, 0.25) is 0 Å². The zero-order valence-corrected chi connectivity index (χ0v) is 11.9. The van der Waals surface area contributed by atoms with E-state index in [9.17, 15) is 4.79 Å². The second-order valence-corrected chi connectivity index (χ2v) is 5.19. The molecule has 0 radical (unpaired) electrons. The first-order valence-corrected chi connectivity index (χ1v) is 6.24. The van der Waals surface area contributed by atoms with E-state index < -0.39 is 5.97 Å². The minimum absolute atomic E-state index is 0.0386. The number of rotatable bonds is 4. The zero-order valence-electron chi connectivity index (χ0n) is 11.9. The Morgan fingerprint density at radius 1 is 1.29 bits per heavy atom. The van der Waals surface area contributed by atoms with Gasteiger partial charge in [-0.05, 0) is 39.0 Å². The predicted molar refractivity (Wildman–Crippen MR) is 70.0 cm³/mol. The first-order chi connectivity index (χ1) is 7.78. The van der Waals surface area contributed by atoms with Crippen LogP contribution in [0, 0.1) is 17.3 Å². The molecule has 1 saturated carbocycles. The lowest BCUT2D eigenvalue weighted by atomic mass is 10.1. The van der Waals surface area contributed by atoms with Gasteiger partial charge >= 0.3 is 5.97 Å². The fourth-order valence-corrected chi connectivity index (χ4v) is 2.02. The molecule has 1 aliphatic carbocycles. The summed E-state index contributed by atoms with van der Waals surface area (Å²) in [5.74, 6) is -0.602. The molecule has 17 heavy (non-hydrogen) atoms. The average Bonchev–Trinajstić information content (AvgIpc) is 2.69. The maximum absolute atomic E-state index is 10.7.